The molecule has 2 rings (SSSR count). The van der Waals surface area contributed by atoms with Crippen molar-refractivity contribution in [2.24, 2.45) is 4.99 Å². The Hall–Kier alpha value is -1.38. The molecule has 2 aromatic carbocycles. The lowest BCUT2D eigenvalue weighted by molar-refractivity contribution is 0.630. The van der Waals surface area contributed by atoms with Crippen molar-refractivity contribution in [3.63, 3.8) is 0 Å². The second-order valence-electron chi connectivity index (χ2n) is 3.34. The van der Waals surface area contributed by atoms with Gasteiger partial charge >= 0.3 is 0 Å². The van der Waals surface area contributed by atoms with Gasteiger partial charge in [0.2, 0.25) is 0 Å². The largest absolute Gasteiger partial charge is 0.253 e. The van der Waals surface area contributed by atoms with Crippen LogP contribution >= 0.6 is 23.2 Å². The highest BCUT2D eigenvalue weighted by atomic mass is 35.5. The lowest BCUT2D eigenvalue weighted by Crippen LogP contribution is -1.85. The highest BCUT2D eigenvalue weighted by Gasteiger charge is 2.03. The molecule has 0 aliphatic rings. The van der Waals surface area contributed by atoms with Gasteiger partial charge in [-0.25, -0.2) is 4.39 Å². The van der Waals surface area contributed by atoms with Crippen LogP contribution in [0.4, 0.5) is 10.1 Å². The maximum atomic E-state index is 13.3. The summed E-state index contributed by atoms with van der Waals surface area (Å²) in [5.74, 6) is -0.382. The van der Waals surface area contributed by atoms with Gasteiger partial charge in [0.15, 0.2) is 0 Å². The average molecular weight is 268 g/mol. The third kappa shape index (κ3) is 2.84. The lowest BCUT2D eigenvalue weighted by atomic mass is 10.2. The first-order chi connectivity index (χ1) is 8.18. The molecule has 0 radical (unpaired) electrons. The van der Waals surface area contributed by atoms with Gasteiger partial charge in [-0.15, -0.1) is 0 Å². The Labute approximate surface area is 109 Å². The number of nitrogens with zero attached hydrogens (tertiary/aromatic N) is 1. The molecule has 0 saturated heterocycles. The Balaban J connectivity index is 2.36. The Morgan fingerprint density at radius 2 is 1.59 bits per heavy atom. The van der Waals surface area contributed by atoms with Gasteiger partial charge in [0.1, 0.15) is 5.82 Å². The van der Waals surface area contributed by atoms with Crippen LogP contribution in [0.1, 0.15) is 5.56 Å². The predicted molar refractivity (Wildman–Crippen MR) is 70.1 cm³/mol. The highest BCUT2D eigenvalue weighted by Crippen LogP contribution is 2.24. The van der Waals surface area contributed by atoms with Gasteiger partial charge in [-0.2, -0.15) is 0 Å². The molecule has 0 unspecified atom stereocenters. The van der Waals surface area contributed by atoms with Crippen LogP contribution in [0.25, 0.3) is 0 Å². The van der Waals surface area contributed by atoms with E-state index < -0.39 is 0 Å². The fourth-order valence-corrected chi connectivity index (χ4v) is 1.82. The van der Waals surface area contributed by atoms with Crippen molar-refractivity contribution in [2.45, 2.75) is 0 Å². The molecule has 17 heavy (non-hydrogen) atoms. The Morgan fingerprint density at radius 1 is 0.941 bits per heavy atom. The van der Waals surface area contributed by atoms with Gasteiger partial charge in [-0.3, -0.25) is 4.99 Å². The quantitative estimate of drug-likeness (QED) is 0.688. The van der Waals surface area contributed by atoms with Gasteiger partial charge in [0.25, 0.3) is 0 Å². The zero-order valence-corrected chi connectivity index (χ0v) is 10.2. The number of aliphatic imine (C=N–C) groups is 1. The lowest BCUT2D eigenvalue weighted by Gasteiger charge is -2.00. The second kappa shape index (κ2) is 5.30. The van der Waals surface area contributed by atoms with E-state index in [0.29, 0.717) is 15.6 Å². The van der Waals surface area contributed by atoms with E-state index in [1.54, 1.807) is 36.4 Å². The third-order valence-electron chi connectivity index (χ3n) is 2.18. The first-order valence-corrected chi connectivity index (χ1v) is 5.66. The molecule has 2 aromatic rings. The topological polar surface area (TPSA) is 12.4 Å². The van der Waals surface area contributed by atoms with Crippen molar-refractivity contribution in [3.05, 3.63) is 63.9 Å². The second-order valence-corrected chi connectivity index (χ2v) is 4.16. The standard InChI is InChI=1S/C13H8Cl2FN/c14-10-4-3-5-11(15)9(10)8-17-13-7-2-1-6-12(13)16/h1-8H. The van der Waals surface area contributed by atoms with E-state index in [1.165, 1.54) is 12.3 Å². The minimum absolute atomic E-state index is 0.253. The Bertz CT molecular complexity index is 547. The molecule has 0 aliphatic carbocycles. The maximum Gasteiger partial charge on any atom is 0.148 e. The summed E-state index contributed by atoms with van der Waals surface area (Å²) in [5.41, 5.74) is 0.836. The molecular formula is C13H8Cl2FN. The minimum atomic E-state index is -0.382. The summed E-state index contributed by atoms with van der Waals surface area (Å²) < 4.78 is 13.3. The van der Waals surface area contributed by atoms with Gasteiger partial charge in [0, 0.05) is 11.8 Å². The van der Waals surface area contributed by atoms with Crippen molar-refractivity contribution in [3.8, 4) is 0 Å². The maximum absolute atomic E-state index is 13.3. The molecule has 0 N–H and O–H groups in total. The van der Waals surface area contributed by atoms with Crippen LogP contribution in [0.2, 0.25) is 10.0 Å². The number of rotatable bonds is 2. The molecule has 0 amide bonds. The normalized spacial score (nSPS) is 11.0. The van der Waals surface area contributed by atoms with E-state index in [2.05, 4.69) is 4.99 Å². The smallest absolute Gasteiger partial charge is 0.148 e. The molecule has 0 atom stereocenters. The van der Waals surface area contributed by atoms with Crippen molar-refractivity contribution in [1.82, 2.24) is 0 Å². The molecule has 0 bridgehead atoms. The van der Waals surface area contributed by atoms with Crippen LogP contribution in [-0.2, 0) is 0 Å². The van der Waals surface area contributed by atoms with E-state index in [-0.39, 0.29) is 11.5 Å². The first kappa shape index (κ1) is 12.1. The van der Waals surface area contributed by atoms with Crippen LogP contribution in [-0.4, -0.2) is 6.21 Å². The zero-order chi connectivity index (χ0) is 12.3. The summed E-state index contributed by atoms with van der Waals surface area (Å²) in [5, 5.41) is 0.968. The van der Waals surface area contributed by atoms with Crippen LogP contribution in [0, 0.1) is 5.82 Å². The van der Waals surface area contributed by atoms with E-state index in [1.807, 2.05) is 0 Å². The van der Waals surface area contributed by atoms with Gasteiger partial charge in [-0.1, -0.05) is 41.4 Å². The molecule has 86 valence electrons. The number of hydrogen-bond donors (Lipinski definition) is 0. The molecule has 4 heteroatoms. The monoisotopic (exact) mass is 267 g/mol. The van der Waals surface area contributed by atoms with Crippen LogP contribution < -0.4 is 0 Å². The minimum Gasteiger partial charge on any atom is -0.253 e. The first-order valence-electron chi connectivity index (χ1n) is 4.91. The van der Waals surface area contributed by atoms with Gasteiger partial charge in [0.05, 0.1) is 15.7 Å². The van der Waals surface area contributed by atoms with Crippen molar-refractivity contribution in [1.29, 1.82) is 0 Å². The number of para-hydroxylation sites is 1. The SMILES string of the molecule is Fc1ccccc1N=Cc1c(Cl)cccc1Cl. The summed E-state index contributed by atoms with van der Waals surface area (Å²) in [6.07, 6.45) is 1.46. The Kier molecular flexibility index (Phi) is 3.77. The summed E-state index contributed by atoms with van der Waals surface area (Å²) in [7, 11) is 0. The van der Waals surface area contributed by atoms with E-state index in [0.717, 1.165) is 0 Å². The average Bonchev–Trinajstić information content (AvgIpc) is 2.30. The van der Waals surface area contributed by atoms with E-state index >= 15 is 0 Å². The third-order valence-corrected chi connectivity index (χ3v) is 2.84. The number of halogens is 3. The molecule has 0 fully saturated rings. The molecule has 0 aliphatic heterocycles. The fourth-order valence-electron chi connectivity index (χ4n) is 1.32. The van der Waals surface area contributed by atoms with Gasteiger partial charge in [-0.05, 0) is 24.3 Å². The van der Waals surface area contributed by atoms with E-state index in [4.69, 9.17) is 23.2 Å². The van der Waals surface area contributed by atoms with Crippen molar-refractivity contribution < 1.29 is 4.39 Å². The van der Waals surface area contributed by atoms with Gasteiger partial charge < -0.3 is 0 Å². The fraction of sp³-hybridized carbons (Fsp3) is 0. The molecule has 0 spiro atoms. The summed E-state index contributed by atoms with van der Waals surface area (Å²) in [6.45, 7) is 0. The Morgan fingerprint density at radius 3 is 2.24 bits per heavy atom. The summed E-state index contributed by atoms with van der Waals surface area (Å²) in [4.78, 5) is 4.03. The zero-order valence-electron chi connectivity index (χ0n) is 8.70. The summed E-state index contributed by atoms with van der Waals surface area (Å²) >= 11 is 11.9. The highest BCUT2D eigenvalue weighted by molar-refractivity contribution is 6.38. The number of benzene rings is 2. The van der Waals surface area contributed by atoms with Crippen molar-refractivity contribution >= 4 is 35.1 Å². The molecular weight excluding hydrogens is 260 g/mol. The van der Waals surface area contributed by atoms with Crippen LogP contribution in [0.3, 0.4) is 0 Å². The van der Waals surface area contributed by atoms with Crippen molar-refractivity contribution in [2.75, 3.05) is 0 Å². The van der Waals surface area contributed by atoms with E-state index in [9.17, 15) is 4.39 Å². The molecule has 0 heterocycles. The molecule has 0 saturated carbocycles. The molecule has 0 aromatic heterocycles. The number of hydrogen-bond acceptors (Lipinski definition) is 1. The summed E-state index contributed by atoms with van der Waals surface area (Å²) in [6, 6.07) is 11.4. The predicted octanol–water partition coefficient (Wildman–Crippen LogP) is 4.88. The molecule has 1 nitrogen and oxygen atoms in total. The van der Waals surface area contributed by atoms with Crippen LogP contribution in [0.15, 0.2) is 47.5 Å². The van der Waals surface area contributed by atoms with Crippen LogP contribution in [0.5, 0.6) is 0 Å².